The summed E-state index contributed by atoms with van der Waals surface area (Å²) >= 11 is 0. The predicted molar refractivity (Wildman–Crippen MR) is 76.7 cm³/mol. The largest absolute Gasteiger partial charge is 0.468 e. The molecule has 0 unspecified atom stereocenters. The van der Waals surface area contributed by atoms with Crippen LogP contribution in [0.2, 0.25) is 0 Å². The molecular formula is C14H16F2N2O3S. The Balaban J connectivity index is 2.18. The van der Waals surface area contributed by atoms with Crippen LogP contribution in [0.1, 0.15) is 11.8 Å². The Labute approximate surface area is 127 Å². The number of nitrogens with one attached hydrogen (secondary N) is 1. The van der Waals surface area contributed by atoms with Gasteiger partial charge in [-0.25, -0.2) is 21.9 Å². The second-order valence-electron chi connectivity index (χ2n) is 4.92. The average Bonchev–Trinajstić information content (AvgIpc) is 2.91. The van der Waals surface area contributed by atoms with Gasteiger partial charge in [-0.3, -0.25) is 4.90 Å². The number of hydrogen-bond donors (Lipinski definition) is 1. The molecule has 0 amide bonds. The van der Waals surface area contributed by atoms with Crippen LogP contribution in [0, 0.1) is 11.6 Å². The van der Waals surface area contributed by atoms with Crippen molar-refractivity contribution in [3.05, 3.63) is 54.0 Å². The monoisotopic (exact) mass is 330 g/mol. The van der Waals surface area contributed by atoms with E-state index in [1.807, 2.05) is 0 Å². The van der Waals surface area contributed by atoms with E-state index in [4.69, 9.17) is 4.42 Å². The Morgan fingerprint density at radius 3 is 2.55 bits per heavy atom. The van der Waals surface area contributed by atoms with Crippen molar-refractivity contribution in [2.45, 2.75) is 10.9 Å². The summed E-state index contributed by atoms with van der Waals surface area (Å²) < 4.78 is 58.3. The molecule has 0 saturated carbocycles. The van der Waals surface area contributed by atoms with Crippen molar-refractivity contribution < 1.29 is 21.6 Å². The fraction of sp³-hybridized carbons (Fsp3) is 0.286. The molecule has 0 fully saturated rings. The zero-order chi connectivity index (χ0) is 16.3. The van der Waals surface area contributed by atoms with E-state index >= 15 is 0 Å². The second kappa shape index (κ2) is 6.55. The fourth-order valence-electron chi connectivity index (χ4n) is 1.98. The van der Waals surface area contributed by atoms with Crippen LogP contribution in [-0.2, 0) is 10.0 Å². The molecule has 1 atom stereocenters. The number of rotatable bonds is 6. The molecule has 2 aromatic rings. The molecule has 5 nitrogen and oxygen atoms in total. The van der Waals surface area contributed by atoms with Crippen LogP contribution in [0.15, 0.2) is 45.9 Å². The van der Waals surface area contributed by atoms with Crippen molar-refractivity contribution in [2.24, 2.45) is 0 Å². The first-order chi connectivity index (χ1) is 10.3. The van der Waals surface area contributed by atoms with Gasteiger partial charge in [-0.2, -0.15) is 0 Å². The molecule has 120 valence electrons. The van der Waals surface area contributed by atoms with E-state index in [1.54, 1.807) is 31.1 Å². The quantitative estimate of drug-likeness (QED) is 0.881. The van der Waals surface area contributed by atoms with Gasteiger partial charge in [0.2, 0.25) is 10.0 Å². The number of benzene rings is 1. The summed E-state index contributed by atoms with van der Waals surface area (Å²) in [4.78, 5) is 1.17. The van der Waals surface area contributed by atoms with E-state index in [1.165, 1.54) is 6.26 Å². The van der Waals surface area contributed by atoms with Crippen molar-refractivity contribution in [3.63, 3.8) is 0 Å². The number of likely N-dealkylation sites (N-methyl/N-ethyl adjacent to an activating group) is 1. The van der Waals surface area contributed by atoms with Gasteiger partial charge in [-0.1, -0.05) is 0 Å². The number of halogens is 2. The van der Waals surface area contributed by atoms with Crippen LogP contribution >= 0.6 is 0 Å². The molecule has 0 bridgehead atoms. The number of nitrogens with zero attached hydrogens (tertiary/aromatic N) is 1. The highest BCUT2D eigenvalue weighted by atomic mass is 32.2. The molecule has 1 heterocycles. The maximum atomic E-state index is 13.6. The molecular weight excluding hydrogens is 314 g/mol. The Morgan fingerprint density at radius 1 is 1.27 bits per heavy atom. The van der Waals surface area contributed by atoms with Gasteiger partial charge < -0.3 is 4.42 Å². The predicted octanol–water partition coefficient (Wildman–Crippen LogP) is 2.14. The molecule has 0 spiro atoms. The van der Waals surface area contributed by atoms with E-state index in [0.29, 0.717) is 11.8 Å². The van der Waals surface area contributed by atoms with E-state index in [2.05, 4.69) is 4.72 Å². The summed E-state index contributed by atoms with van der Waals surface area (Å²) in [6.07, 6.45) is 1.49. The number of hydrogen-bond acceptors (Lipinski definition) is 4. The first kappa shape index (κ1) is 16.6. The Kier molecular flexibility index (Phi) is 4.94. The lowest BCUT2D eigenvalue weighted by Gasteiger charge is -2.22. The SMILES string of the molecule is CN(C)[C@@H](CNS(=O)(=O)c1ccc(F)cc1F)c1ccco1. The van der Waals surface area contributed by atoms with Crippen LogP contribution in [-0.4, -0.2) is 34.0 Å². The average molecular weight is 330 g/mol. The maximum Gasteiger partial charge on any atom is 0.243 e. The van der Waals surface area contributed by atoms with E-state index in [-0.39, 0.29) is 12.6 Å². The van der Waals surface area contributed by atoms with E-state index < -0.39 is 26.6 Å². The zero-order valence-corrected chi connectivity index (χ0v) is 12.9. The summed E-state index contributed by atoms with van der Waals surface area (Å²) in [5, 5.41) is 0. The molecule has 0 radical (unpaired) electrons. The highest BCUT2D eigenvalue weighted by Crippen LogP contribution is 2.20. The highest BCUT2D eigenvalue weighted by Gasteiger charge is 2.23. The molecule has 2 rings (SSSR count). The van der Waals surface area contributed by atoms with Crippen LogP contribution in [0.5, 0.6) is 0 Å². The van der Waals surface area contributed by atoms with Gasteiger partial charge in [0.1, 0.15) is 22.3 Å². The zero-order valence-electron chi connectivity index (χ0n) is 12.1. The minimum Gasteiger partial charge on any atom is -0.468 e. The summed E-state index contributed by atoms with van der Waals surface area (Å²) in [7, 11) is -0.560. The van der Waals surface area contributed by atoms with Crippen LogP contribution in [0.3, 0.4) is 0 Å². The molecule has 0 aliphatic rings. The normalized spacial score (nSPS) is 13.5. The van der Waals surface area contributed by atoms with Crippen molar-refractivity contribution in [2.75, 3.05) is 20.6 Å². The third-order valence-electron chi connectivity index (χ3n) is 3.15. The third kappa shape index (κ3) is 3.70. The van der Waals surface area contributed by atoms with Crippen molar-refractivity contribution in [1.29, 1.82) is 0 Å². The fourth-order valence-corrected chi connectivity index (χ4v) is 3.07. The van der Waals surface area contributed by atoms with Gasteiger partial charge in [-0.05, 0) is 38.4 Å². The molecule has 1 aromatic heterocycles. The molecule has 8 heteroatoms. The van der Waals surface area contributed by atoms with Crippen molar-refractivity contribution >= 4 is 10.0 Å². The summed E-state index contributed by atoms with van der Waals surface area (Å²) in [5.74, 6) is -1.39. The first-order valence-corrected chi connectivity index (χ1v) is 7.94. The molecule has 1 N–H and O–H groups in total. The molecule has 0 saturated heterocycles. The summed E-state index contributed by atoms with van der Waals surface area (Å²) in [5.41, 5.74) is 0. The maximum absolute atomic E-state index is 13.6. The first-order valence-electron chi connectivity index (χ1n) is 6.46. The van der Waals surface area contributed by atoms with Gasteiger partial charge in [0.15, 0.2) is 0 Å². The molecule has 0 aliphatic carbocycles. The Bertz CT molecular complexity index is 731. The second-order valence-corrected chi connectivity index (χ2v) is 6.66. The van der Waals surface area contributed by atoms with Gasteiger partial charge in [0.25, 0.3) is 0 Å². The minimum absolute atomic E-state index is 0.0142. The van der Waals surface area contributed by atoms with Gasteiger partial charge in [0, 0.05) is 12.6 Å². The minimum atomic E-state index is -4.09. The van der Waals surface area contributed by atoms with E-state index in [9.17, 15) is 17.2 Å². The lowest BCUT2D eigenvalue weighted by atomic mass is 10.2. The van der Waals surface area contributed by atoms with Crippen LogP contribution < -0.4 is 4.72 Å². The van der Waals surface area contributed by atoms with E-state index in [0.717, 1.165) is 12.1 Å². The van der Waals surface area contributed by atoms with Gasteiger partial charge in [0.05, 0.1) is 12.3 Å². The highest BCUT2D eigenvalue weighted by molar-refractivity contribution is 7.89. The number of furan rings is 1. The standard InChI is InChI=1S/C14H16F2N2O3S/c1-18(2)12(13-4-3-7-21-13)9-17-22(19,20)14-6-5-10(15)8-11(14)16/h3-8,12,17H,9H2,1-2H3/t12-/m0/s1. The Morgan fingerprint density at radius 2 is 2.00 bits per heavy atom. The van der Waals surface area contributed by atoms with Crippen molar-refractivity contribution in [3.8, 4) is 0 Å². The molecule has 0 aliphatic heterocycles. The summed E-state index contributed by atoms with van der Waals surface area (Å²) in [6, 6.07) is 5.38. The molecule has 22 heavy (non-hydrogen) atoms. The van der Waals surface area contributed by atoms with Crippen molar-refractivity contribution in [1.82, 2.24) is 9.62 Å². The number of sulfonamides is 1. The lowest BCUT2D eigenvalue weighted by molar-refractivity contribution is 0.259. The van der Waals surface area contributed by atoms with Crippen LogP contribution in [0.4, 0.5) is 8.78 Å². The Hall–Kier alpha value is -1.77. The molecule has 1 aromatic carbocycles. The topological polar surface area (TPSA) is 62.6 Å². The smallest absolute Gasteiger partial charge is 0.243 e. The van der Waals surface area contributed by atoms with Crippen LogP contribution in [0.25, 0.3) is 0 Å². The third-order valence-corrected chi connectivity index (χ3v) is 4.60. The lowest BCUT2D eigenvalue weighted by Crippen LogP contribution is -2.34. The van der Waals surface area contributed by atoms with Gasteiger partial charge in [-0.15, -0.1) is 0 Å². The van der Waals surface area contributed by atoms with Gasteiger partial charge >= 0.3 is 0 Å². The summed E-state index contributed by atoms with van der Waals surface area (Å²) in [6.45, 7) is -0.0142.